The Morgan fingerprint density at radius 3 is 2.92 bits per heavy atom. The van der Waals surface area contributed by atoms with Gasteiger partial charge in [0.15, 0.2) is 5.96 Å². The maximum atomic E-state index is 6.05. The van der Waals surface area contributed by atoms with E-state index in [1.165, 1.54) is 0 Å². The molecule has 3 N–H and O–H groups in total. The van der Waals surface area contributed by atoms with Crippen LogP contribution in [0.3, 0.4) is 0 Å². The summed E-state index contributed by atoms with van der Waals surface area (Å²) < 4.78 is 5.66. The summed E-state index contributed by atoms with van der Waals surface area (Å²) >= 11 is 6.04. The highest BCUT2D eigenvalue weighted by Crippen LogP contribution is 2.31. The van der Waals surface area contributed by atoms with Gasteiger partial charge in [0.1, 0.15) is 5.75 Å². The van der Waals surface area contributed by atoms with Crippen LogP contribution in [0.25, 0.3) is 0 Å². The molecule has 0 saturated carbocycles. The van der Waals surface area contributed by atoms with Gasteiger partial charge in [-0.05, 0) is 30.2 Å². The number of ether oxygens (including phenoxy) is 1. The fraction of sp³-hybridized carbons (Fsp3) is 0.278. The maximum Gasteiger partial charge on any atom is 0.189 e. The van der Waals surface area contributed by atoms with Crippen molar-refractivity contribution in [1.29, 1.82) is 0 Å². The Labute approximate surface area is 164 Å². The molecule has 1 atom stereocenters. The van der Waals surface area contributed by atoms with Crippen molar-refractivity contribution in [3.8, 4) is 5.75 Å². The van der Waals surface area contributed by atoms with E-state index in [4.69, 9.17) is 22.1 Å². The van der Waals surface area contributed by atoms with Crippen LogP contribution < -0.4 is 15.8 Å². The monoisotopic (exact) mass is 457 g/mol. The fourth-order valence-electron chi connectivity index (χ4n) is 2.70. The quantitative estimate of drug-likeness (QED) is 0.413. The largest absolute Gasteiger partial charge is 0.493 e. The Morgan fingerprint density at radius 2 is 2.12 bits per heavy atom. The van der Waals surface area contributed by atoms with E-state index in [-0.39, 0.29) is 30.0 Å². The Balaban J connectivity index is 0.00000208. The van der Waals surface area contributed by atoms with E-state index in [9.17, 15) is 0 Å². The lowest BCUT2D eigenvalue weighted by Crippen LogP contribution is -2.37. The molecule has 1 aliphatic rings. The summed E-state index contributed by atoms with van der Waals surface area (Å²) in [6.07, 6.45) is 0.868. The van der Waals surface area contributed by atoms with Gasteiger partial charge in [-0.3, -0.25) is 0 Å². The molecular formula is C18H21ClIN3O. The molecule has 24 heavy (non-hydrogen) atoms. The normalized spacial score (nSPS) is 16.6. The van der Waals surface area contributed by atoms with Crippen molar-refractivity contribution in [2.45, 2.75) is 25.9 Å². The van der Waals surface area contributed by atoms with E-state index in [1.54, 1.807) is 0 Å². The summed E-state index contributed by atoms with van der Waals surface area (Å²) in [5.74, 6) is 1.36. The number of para-hydroxylation sites is 1. The number of nitrogens with one attached hydrogen (secondary N) is 1. The zero-order valence-electron chi connectivity index (χ0n) is 13.5. The number of rotatable bonds is 3. The van der Waals surface area contributed by atoms with Gasteiger partial charge in [-0.2, -0.15) is 0 Å². The smallest absolute Gasteiger partial charge is 0.189 e. The third kappa shape index (κ3) is 4.54. The molecule has 128 valence electrons. The minimum Gasteiger partial charge on any atom is -0.493 e. The highest BCUT2D eigenvalue weighted by molar-refractivity contribution is 14.0. The number of halogens is 2. The predicted octanol–water partition coefficient (Wildman–Crippen LogP) is 4.19. The predicted molar refractivity (Wildman–Crippen MR) is 109 cm³/mol. The van der Waals surface area contributed by atoms with Gasteiger partial charge in [0.2, 0.25) is 0 Å². The van der Waals surface area contributed by atoms with Crippen molar-refractivity contribution in [2.24, 2.45) is 10.7 Å². The number of benzene rings is 2. The van der Waals surface area contributed by atoms with Gasteiger partial charge in [-0.15, -0.1) is 24.0 Å². The van der Waals surface area contributed by atoms with Crippen molar-refractivity contribution in [1.82, 2.24) is 5.32 Å². The van der Waals surface area contributed by atoms with Crippen LogP contribution in [-0.2, 0) is 6.54 Å². The Bertz CT molecular complexity index is 736. The molecule has 2 aromatic rings. The van der Waals surface area contributed by atoms with Crippen molar-refractivity contribution < 1.29 is 4.74 Å². The first-order chi connectivity index (χ1) is 11.1. The van der Waals surface area contributed by atoms with Gasteiger partial charge in [-0.25, -0.2) is 4.99 Å². The van der Waals surface area contributed by atoms with E-state index in [1.807, 2.05) is 43.3 Å². The highest BCUT2D eigenvalue weighted by atomic mass is 127. The zero-order chi connectivity index (χ0) is 16.2. The topological polar surface area (TPSA) is 59.6 Å². The van der Waals surface area contributed by atoms with Crippen LogP contribution in [0.1, 0.15) is 29.2 Å². The molecule has 0 bridgehead atoms. The summed E-state index contributed by atoms with van der Waals surface area (Å²) in [6, 6.07) is 14.0. The molecule has 0 fully saturated rings. The molecule has 6 heteroatoms. The number of hydrogen-bond acceptors (Lipinski definition) is 2. The van der Waals surface area contributed by atoms with Crippen LogP contribution in [0.5, 0.6) is 5.75 Å². The van der Waals surface area contributed by atoms with Crippen molar-refractivity contribution in [3.05, 3.63) is 64.2 Å². The van der Waals surface area contributed by atoms with E-state index in [0.717, 1.165) is 33.9 Å². The molecule has 0 radical (unpaired) electrons. The molecule has 0 spiro atoms. The lowest BCUT2D eigenvalue weighted by Gasteiger charge is -2.26. The van der Waals surface area contributed by atoms with E-state index >= 15 is 0 Å². The molecule has 1 unspecified atom stereocenters. The first kappa shape index (κ1) is 18.9. The summed E-state index contributed by atoms with van der Waals surface area (Å²) in [6.45, 7) is 3.19. The van der Waals surface area contributed by atoms with Gasteiger partial charge < -0.3 is 15.8 Å². The van der Waals surface area contributed by atoms with Crippen LogP contribution in [0.4, 0.5) is 0 Å². The van der Waals surface area contributed by atoms with Crippen molar-refractivity contribution in [2.75, 3.05) is 6.61 Å². The van der Waals surface area contributed by atoms with Crippen molar-refractivity contribution >= 4 is 41.5 Å². The summed E-state index contributed by atoms with van der Waals surface area (Å²) in [7, 11) is 0. The Morgan fingerprint density at radius 1 is 1.33 bits per heavy atom. The number of fused-ring (bicyclic) bond motifs is 1. The van der Waals surface area contributed by atoms with Gasteiger partial charge in [0.25, 0.3) is 0 Å². The van der Waals surface area contributed by atoms with Crippen LogP contribution in [0.2, 0.25) is 5.02 Å². The summed E-state index contributed by atoms with van der Waals surface area (Å²) in [5, 5.41) is 4.06. The van der Waals surface area contributed by atoms with Crippen LogP contribution in [0, 0.1) is 6.92 Å². The minimum absolute atomic E-state index is 0. The van der Waals surface area contributed by atoms with E-state index in [2.05, 4.69) is 16.4 Å². The number of aliphatic imine (C=N–C) groups is 1. The highest BCUT2D eigenvalue weighted by Gasteiger charge is 2.21. The van der Waals surface area contributed by atoms with Crippen LogP contribution >= 0.6 is 35.6 Å². The van der Waals surface area contributed by atoms with Crippen LogP contribution in [0.15, 0.2) is 47.5 Å². The average Bonchev–Trinajstić information content (AvgIpc) is 2.56. The number of hydrogen-bond donors (Lipinski definition) is 2. The number of nitrogens with zero attached hydrogens (tertiary/aromatic N) is 1. The molecule has 4 nitrogen and oxygen atoms in total. The summed E-state index contributed by atoms with van der Waals surface area (Å²) in [5.41, 5.74) is 9.31. The van der Waals surface area contributed by atoms with Gasteiger partial charge in [-0.1, -0.05) is 41.9 Å². The van der Waals surface area contributed by atoms with Gasteiger partial charge in [0.05, 0.1) is 19.2 Å². The maximum absolute atomic E-state index is 6.05. The Kier molecular flexibility index (Phi) is 6.74. The van der Waals surface area contributed by atoms with Crippen molar-refractivity contribution in [3.63, 3.8) is 0 Å². The first-order valence-electron chi connectivity index (χ1n) is 7.66. The Hall–Kier alpha value is -1.47. The standard InChI is InChI=1S/C18H20ClN3O.HI/c1-12-10-13(6-7-15(12)19)11-21-18(20)22-16-8-9-23-17-5-3-2-4-14(16)17;/h2-7,10,16H,8-9,11H2,1H3,(H3,20,21,22);1H. The molecule has 0 saturated heterocycles. The van der Waals surface area contributed by atoms with Crippen LogP contribution in [-0.4, -0.2) is 12.6 Å². The molecule has 0 aromatic heterocycles. The second kappa shape index (κ2) is 8.58. The zero-order valence-corrected chi connectivity index (χ0v) is 16.5. The molecule has 0 amide bonds. The number of nitrogens with two attached hydrogens (primary N) is 1. The fourth-order valence-corrected chi connectivity index (χ4v) is 2.82. The third-order valence-corrected chi connectivity index (χ3v) is 4.36. The SMILES string of the molecule is Cc1cc(CN=C(N)NC2CCOc3ccccc32)ccc1Cl.I. The average molecular weight is 458 g/mol. The lowest BCUT2D eigenvalue weighted by molar-refractivity contribution is 0.262. The molecular weight excluding hydrogens is 437 g/mol. The number of aryl methyl sites for hydroxylation is 1. The van der Waals surface area contributed by atoms with E-state index < -0.39 is 0 Å². The molecule has 3 rings (SSSR count). The van der Waals surface area contributed by atoms with E-state index in [0.29, 0.717) is 19.1 Å². The molecule has 2 aromatic carbocycles. The van der Waals surface area contributed by atoms with Gasteiger partial charge >= 0.3 is 0 Å². The molecule has 1 heterocycles. The second-order valence-electron chi connectivity index (χ2n) is 5.66. The molecule has 1 aliphatic heterocycles. The second-order valence-corrected chi connectivity index (χ2v) is 6.06. The minimum atomic E-state index is 0. The number of guanidine groups is 1. The lowest BCUT2D eigenvalue weighted by atomic mass is 10.0. The third-order valence-electron chi connectivity index (χ3n) is 3.93. The molecule has 0 aliphatic carbocycles. The first-order valence-corrected chi connectivity index (χ1v) is 8.04. The van der Waals surface area contributed by atoms with Gasteiger partial charge in [0, 0.05) is 17.0 Å². The summed E-state index contributed by atoms with van der Waals surface area (Å²) in [4.78, 5) is 4.43.